The van der Waals surface area contributed by atoms with Crippen molar-refractivity contribution in [3.05, 3.63) is 0 Å². The largest absolute Gasteiger partial charge is 0.395 e. The van der Waals surface area contributed by atoms with E-state index < -0.39 is 0 Å². The van der Waals surface area contributed by atoms with Crippen molar-refractivity contribution < 1.29 is 9.84 Å². The van der Waals surface area contributed by atoms with E-state index in [2.05, 4.69) is 4.90 Å². The summed E-state index contributed by atoms with van der Waals surface area (Å²) in [5.41, 5.74) is 0. The number of hydrogen-bond acceptors (Lipinski definition) is 3. The van der Waals surface area contributed by atoms with Crippen LogP contribution in [0.15, 0.2) is 0 Å². The molecule has 0 spiro atoms. The average Bonchev–Trinajstić information content (AvgIpc) is 2.33. The van der Waals surface area contributed by atoms with Crippen LogP contribution in [0.4, 0.5) is 0 Å². The van der Waals surface area contributed by atoms with Crippen LogP contribution in [0.5, 0.6) is 0 Å². The maximum absolute atomic E-state index is 8.86. The Balaban J connectivity index is 0.000000561. The van der Waals surface area contributed by atoms with Gasteiger partial charge in [-0.1, -0.05) is 13.8 Å². The van der Waals surface area contributed by atoms with E-state index in [-0.39, 0.29) is 12.6 Å². The molecule has 1 unspecified atom stereocenters. The first kappa shape index (κ1) is 11.9. The van der Waals surface area contributed by atoms with E-state index in [1.165, 1.54) is 0 Å². The number of aliphatic hydroxyl groups is 1. The van der Waals surface area contributed by atoms with Crippen LogP contribution in [0.2, 0.25) is 0 Å². The van der Waals surface area contributed by atoms with E-state index in [0.29, 0.717) is 6.61 Å². The molecule has 0 radical (unpaired) electrons. The van der Waals surface area contributed by atoms with Gasteiger partial charge in [0.15, 0.2) is 0 Å². The predicted molar refractivity (Wildman–Crippen MR) is 50.3 cm³/mol. The highest BCUT2D eigenvalue weighted by Crippen LogP contribution is 2.03. The van der Waals surface area contributed by atoms with Crippen molar-refractivity contribution in [2.75, 3.05) is 33.4 Å². The highest BCUT2D eigenvalue weighted by atomic mass is 16.5. The Morgan fingerprint density at radius 2 is 2.17 bits per heavy atom. The van der Waals surface area contributed by atoms with Gasteiger partial charge in [0, 0.05) is 13.2 Å². The first-order chi connectivity index (χ1) is 5.84. The summed E-state index contributed by atoms with van der Waals surface area (Å²) in [6, 6.07) is 0.211. The van der Waals surface area contributed by atoms with E-state index >= 15 is 0 Å². The van der Waals surface area contributed by atoms with Crippen molar-refractivity contribution in [1.29, 1.82) is 0 Å². The molecule has 3 nitrogen and oxygen atoms in total. The van der Waals surface area contributed by atoms with Gasteiger partial charge >= 0.3 is 0 Å². The van der Waals surface area contributed by atoms with Gasteiger partial charge in [-0.15, -0.1) is 0 Å². The Hall–Kier alpha value is -0.120. The quantitative estimate of drug-likeness (QED) is 0.637. The van der Waals surface area contributed by atoms with E-state index in [9.17, 15) is 0 Å². The summed E-state index contributed by atoms with van der Waals surface area (Å²) in [5.74, 6) is 0. The maximum atomic E-state index is 8.86. The van der Waals surface area contributed by atoms with Gasteiger partial charge in [-0.3, -0.25) is 4.90 Å². The lowest BCUT2D eigenvalue weighted by molar-refractivity contribution is 0.0757. The second-order valence-corrected chi connectivity index (χ2v) is 2.75. The van der Waals surface area contributed by atoms with Gasteiger partial charge in [-0.2, -0.15) is 0 Å². The van der Waals surface area contributed by atoms with Crippen LogP contribution in [0.1, 0.15) is 20.3 Å². The molecule has 0 aromatic carbocycles. The molecule has 1 aliphatic rings. The molecule has 0 amide bonds. The third-order valence-corrected chi connectivity index (χ3v) is 1.94. The Morgan fingerprint density at radius 1 is 1.50 bits per heavy atom. The lowest BCUT2D eigenvalue weighted by Gasteiger charge is -2.21. The fourth-order valence-electron chi connectivity index (χ4n) is 1.14. The Bertz CT molecular complexity index is 98.5. The van der Waals surface area contributed by atoms with Crippen molar-refractivity contribution in [1.82, 2.24) is 4.90 Å². The Kier molecular flexibility index (Phi) is 7.45. The number of aliphatic hydroxyl groups excluding tert-OH is 1. The molecule has 0 aliphatic carbocycles. The molecule has 0 saturated carbocycles. The van der Waals surface area contributed by atoms with Crippen molar-refractivity contribution in [2.45, 2.75) is 26.3 Å². The molecule has 3 heteroatoms. The zero-order valence-electron chi connectivity index (χ0n) is 8.42. The molecule has 1 heterocycles. The van der Waals surface area contributed by atoms with E-state index in [0.717, 1.165) is 19.6 Å². The lowest BCUT2D eigenvalue weighted by atomic mass is 10.3. The van der Waals surface area contributed by atoms with Gasteiger partial charge in [0.2, 0.25) is 0 Å². The second-order valence-electron chi connectivity index (χ2n) is 2.75. The first-order valence-corrected chi connectivity index (χ1v) is 4.73. The average molecular weight is 175 g/mol. The number of rotatable bonds is 1. The smallest absolute Gasteiger partial charge is 0.0644 e. The fraction of sp³-hybridized carbons (Fsp3) is 1.00. The zero-order chi connectivity index (χ0) is 9.40. The summed E-state index contributed by atoms with van der Waals surface area (Å²) in [4.78, 5) is 2.15. The normalized spacial score (nSPS) is 25.5. The second kappa shape index (κ2) is 7.53. The maximum Gasteiger partial charge on any atom is 0.0644 e. The predicted octanol–water partition coefficient (Wildman–Crippen LogP) is 0.726. The molecule has 1 atom stereocenters. The molecular formula is C9H21NO2. The SMILES string of the molecule is CC.CN1CCCOCC1CO. The van der Waals surface area contributed by atoms with Crippen molar-refractivity contribution in [3.8, 4) is 0 Å². The van der Waals surface area contributed by atoms with Crippen LogP contribution in [-0.2, 0) is 4.74 Å². The summed E-state index contributed by atoms with van der Waals surface area (Å²) < 4.78 is 5.27. The monoisotopic (exact) mass is 175 g/mol. The Morgan fingerprint density at radius 3 is 2.75 bits per heavy atom. The van der Waals surface area contributed by atoms with Crippen LogP contribution in [0.25, 0.3) is 0 Å². The van der Waals surface area contributed by atoms with Crippen LogP contribution in [0.3, 0.4) is 0 Å². The van der Waals surface area contributed by atoms with Crippen LogP contribution in [-0.4, -0.2) is 49.5 Å². The molecule has 0 bridgehead atoms. The standard InChI is InChI=1S/C7H15NO2.C2H6/c1-8-3-2-4-10-6-7(8)5-9;1-2/h7,9H,2-6H2,1H3;1-2H3. The molecule has 12 heavy (non-hydrogen) atoms. The molecule has 1 saturated heterocycles. The van der Waals surface area contributed by atoms with Crippen LogP contribution in [0, 0.1) is 0 Å². The van der Waals surface area contributed by atoms with E-state index in [1.807, 2.05) is 20.9 Å². The molecule has 0 aromatic rings. The van der Waals surface area contributed by atoms with Gasteiger partial charge in [-0.05, 0) is 13.5 Å². The topological polar surface area (TPSA) is 32.7 Å². The molecule has 74 valence electrons. The zero-order valence-corrected chi connectivity index (χ0v) is 8.42. The minimum Gasteiger partial charge on any atom is -0.395 e. The number of nitrogens with zero attached hydrogens (tertiary/aromatic N) is 1. The van der Waals surface area contributed by atoms with Gasteiger partial charge in [0.1, 0.15) is 0 Å². The molecule has 1 N–H and O–H groups in total. The highest BCUT2D eigenvalue weighted by Gasteiger charge is 2.15. The van der Waals surface area contributed by atoms with E-state index in [4.69, 9.17) is 9.84 Å². The highest BCUT2D eigenvalue weighted by molar-refractivity contribution is 4.69. The Labute approximate surface area is 75.3 Å². The number of ether oxygens (including phenoxy) is 1. The molecule has 1 fully saturated rings. The van der Waals surface area contributed by atoms with Gasteiger partial charge in [0.05, 0.1) is 19.3 Å². The molecule has 1 rings (SSSR count). The lowest BCUT2D eigenvalue weighted by Crippen LogP contribution is -2.36. The van der Waals surface area contributed by atoms with Gasteiger partial charge in [-0.25, -0.2) is 0 Å². The van der Waals surface area contributed by atoms with E-state index in [1.54, 1.807) is 0 Å². The molecular weight excluding hydrogens is 154 g/mol. The van der Waals surface area contributed by atoms with Crippen molar-refractivity contribution in [3.63, 3.8) is 0 Å². The minimum absolute atomic E-state index is 0.205. The first-order valence-electron chi connectivity index (χ1n) is 4.73. The van der Waals surface area contributed by atoms with Crippen LogP contribution >= 0.6 is 0 Å². The summed E-state index contributed by atoms with van der Waals surface area (Å²) >= 11 is 0. The van der Waals surface area contributed by atoms with Crippen molar-refractivity contribution in [2.24, 2.45) is 0 Å². The fourth-order valence-corrected chi connectivity index (χ4v) is 1.14. The molecule has 1 aliphatic heterocycles. The summed E-state index contributed by atoms with van der Waals surface area (Å²) in [7, 11) is 2.02. The summed E-state index contributed by atoms with van der Waals surface area (Å²) in [5, 5.41) is 8.86. The third kappa shape index (κ3) is 4.04. The summed E-state index contributed by atoms with van der Waals surface area (Å²) in [6.07, 6.45) is 1.08. The van der Waals surface area contributed by atoms with Crippen LogP contribution < -0.4 is 0 Å². The van der Waals surface area contributed by atoms with Gasteiger partial charge < -0.3 is 9.84 Å². The molecule has 0 aromatic heterocycles. The van der Waals surface area contributed by atoms with Gasteiger partial charge in [0.25, 0.3) is 0 Å². The summed E-state index contributed by atoms with van der Waals surface area (Å²) in [6.45, 7) is 6.75. The number of likely N-dealkylation sites (N-methyl/N-ethyl adjacent to an activating group) is 1. The number of hydrogen-bond donors (Lipinski definition) is 1. The minimum atomic E-state index is 0.205. The third-order valence-electron chi connectivity index (χ3n) is 1.94. The van der Waals surface area contributed by atoms with Crippen molar-refractivity contribution >= 4 is 0 Å².